The van der Waals surface area contributed by atoms with Gasteiger partial charge in [-0.1, -0.05) is 0 Å². The van der Waals surface area contributed by atoms with Crippen LogP contribution < -0.4 is 34.6 Å². The van der Waals surface area contributed by atoms with E-state index in [0.29, 0.717) is 59.5 Å². The van der Waals surface area contributed by atoms with Gasteiger partial charge in [-0.25, -0.2) is 27.9 Å². The average molecular weight is 814 g/mol. The minimum absolute atomic E-state index is 0.0650. The summed E-state index contributed by atoms with van der Waals surface area (Å²) >= 11 is 0. The van der Waals surface area contributed by atoms with Gasteiger partial charge in [0.2, 0.25) is 15.9 Å². The lowest BCUT2D eigenvalue weighted by molar-refractivity contribution is -0.120. The minimum Gasteiger partial charge on any atom is -0.495 e. The number of rotatable bonds is 13. The molecule has 0 radical (unpaired) electrons. The average Bonchev–Trinajstić information content (AvgIpc) is 3.23. The number of carbonyl (C=O) groups is 3. The number of sulfonamides is 1. The van der Waals surface area contributed by atoms with Gasteiger partial charge in [0.05, 0.1) is 41.2 Å². The third kappa shape index (κ3) is 8.80. The molecule has 0 atom stereocenters. The number of piperidine rings is 2. The van der Waals surface area contributed by atoms with Crippen LogP contribution in [0.3, 0.4) is 0 Å². The largest absolute Gasteiger partial charge is 0.495 e. The lowest BCUT2D eigenvalue weighted by Crippen LogP contribution is -2.50. The van der Waals surface area contributed by atoms with Gasteiger partial charge < -0.3 is 29.5 Å². The van der Waals surface area contributed by atoms with Crippen molar-refractivity contribution >= 4 is 61.7 Å². The Kier molecular flexibility index (Phi) is 12.0. The van der Waals surface area contributed by atoms with E-state index >= 15 is 0 Å². The Labute approximate surface area is 338 Å². The van der Waals surface area contributed by atoms with Gasteiger partial charge in [-0.05, 0) is 106 Å². The molecule has 4 heterocycles. The number of anilines is 4. The molecule has 3 aliphatic heterocycles. The number of hydrogen-bond acceptors (Lipinski definition) is 12. The van der Waals surface area contributed by atoms with Gasteiger partial charge in [0.1, 0.15) is 23.6 Å². The molecule has 308 valence electrons. The predicted octanol–water partition coefficient (Wildman–Crippen LogP) is 4.59. The maximum absolute atomic E-state index is 13.6. The summed E-state index contributed by atoms with van der Waals surface area (Å²) in [5, 5.41) is 6.43. The van der Waals surface area contributed by atoms with Crippen molar-refractivity contribution in [2.75, 3.05) is 89.2 Å². The number of aromatic nitrogens is 2. The highest BCUT2D eigenvalue weighted by Crippen LogP contribution is 2.42. The van der Waals surface area contributed by atoms with Crippen molar-refractivity contribution in [2.45, 2.75) is 43.4 Å². The Bertz CT molecular complexity index is 2290. The van der Waals surface area contributed by atoms with Crippen LogP contribution in [-0.4, -0.2) is 120 Å². The van der Waals surface area contributed by atoms with Crippen molar-refractivity contribution in [2.24, 2.45) is 5.41 Å². The zero-order valence-electron chi connectivity index (χ0n) is 33.4. The molecule has 3 fully saturated rings. The van der Waals surface area contributed by atoms with Crippen molar-refractivity contribution in [3.63, 3.8) is 0 Å². The normalized spacial score (nSPS) is 17.3. The maximum Gasteiger partial charge on any atom is 0.328 e. The highest BCUT2D eigenvalue weighted by molar-refractivity contribution is 7.89. The van der Waals surface area contributed by atoms with E-state index in [1.807, 2.05) is 42.1 Å². The fourth-order valence-corrected chi connectivity index (χ4v) is 8.82. The molecule has 3 N–H and O–H groups in total. The molecule has 3 saturated heterocycles. The number of carbonyl (C=O) groups excluding carboxylic acids is 3. The monoisotopic (exact) mass is 813 g/mol. The first-order valence-electron chi connectivity index (χ1n) is 19.6. The summed E-state index contributed by atoms with van der Waals surface area (Å²) in [6.07, 6.45) is 6.64. The van der Waals surface area contributed by atoms with E-state index in [2.05, 4.69) is 30.2 Å². The molecule has 58 heavy (non-hydrogen) atoms. The number of fused-ring (bicyclic) bond motifs is 1. The van der Waals surface area contributed by atoms with Crippen LogP contribution in [0.2, 0.25) is 0 Å². The van der Waals surface area contributed by atoms with Crippen LogP contribution in [0.25, 0.3) is 10.9 Å². The number of nitrogens with one attached hydrogen (secondary N) is 3. The fourth-order valence-electron chi connectivity index (χ4n) is 8.07. The van der Waals surface area contributed by atoms with Gasteiger partial charge in [0.25, 0.3) is 5.91 Å². The highest BCUT2D eigenvalue weighted by atomic mass is 32.2. The van der Waals surface area contributed by atoms with E-state index in [1.165, 1.54) is 25.4 Å². The first-order chi connectivity index (χ1) is 27.9. The topological polar surface area (TPSA) is 179 Å². The molecule has 0 aliphatic carbocycles. The number of nitrogens with zero attached hydrogens (tertiary/aromatic N) is 6. The third-order valence-corrected chi connectivity index (χ3v) is 13.0. The SMILES string of the molecule is CNS(=O)(=O)c1ccc(N(C)C)c(Nc2ncnc3cc(OCCCN4CCC5(CC4)CCN(C(=O)c4ccc(OC)c(N6CCC(=O)NC6=O)c4)CC5)ccc23)c1. The van der Waals surface area contributed by atoms with E-state index < -0.39 is 16.1 Å². The van der Waals surface area contributed by atoms with Gasteiger partial charge in [-0.3, -0.25) is 19.8 Å². The van der Waals surface area contributed by atoms with E-state index in [0.717, 1.165) is 62.8 Å². The zero-order valence-corrected chi connectivity index (χ0v) is 34.2. The van der Waals surface area contributed by atoms with Gasteiger partial charge in [-0.15, -0.1) is 0 Å². The van der Waals surface area contributed by atoms with Crippen LogP contribution >= 0.6 is 0 Å². The first-order valence-corrected chi connectivity index (χ1v) is 21.1. The lowest BCUT2D eigenvalue weighted by Gasteiger charge is -2.47. The molecule has 0 unspecified atom stereocenters. The maximum atomic E-state index is 13.6. The molecule has 4 aromatic rings. The lowest BCUT2D eigenvalue weighted by atomic mass is 9.71. The smallest absolute Gasteiger partial charge is 0.328 e. The Hall–Kier alpha value is -5.52. The summed E-state index contributed by atoms with van der Waals surface area (Å²) in [6, 6.07) is 15.2. The summed E-state index contributed by atoms with van der Waals surface area (Å²) in [6.45, 7) is 5.12. The molecule has 0 bridgehead atoms. The molecule has 1 spiro atoms. The number of likely N-dealkylation sites (tertiary alicyclic amines) is 2. The van der Waals surface area contributed by atoms with Gasteiger partial charge >= 0.3 is 6.03 Å². The summed E-state index contributed by atoms with van der Waals surface area (Å²) in [4.78, 5) is 54.7. The number of amides is 4. The number of urea groups is 1. The standard InChI is InChI=1S/C41H51N9O7S/c1-42-58(54,55)30-8-10-34(47(2)3)33(26-30)45-38-31-9-7-29(25-32(31)43-27-44-38)57-23-5-17-48-19-13-41(14-20-48)15-21-49(22-16-41)39(52)28-6-11-36(56-4)35(24-28)50-18-12-37(51)46-40(50)53/h6-11,24-27,42H,5,12-23H2,1-4H3,(H,43,44,45)(H,46,51,53). The minimum atomic E-state index is -3.64. The second-order valence-electron chi connectivity index (χ2n) is 15.3. The molecule has 0 saturated carbocycles. The van der Waals surface area contributed by atoms with Gasteiger partial charge in [-0.2, -0.15) is 0 Å². The molecule has 7 rings (SSSR count). The quantitative estimate of drug-likeness (QED) is 0.160. The number of ether oxygens (including phenoxy) is 2. The molecule has 1 aromatic heterocycles. The Morgan fingerprint density at radius 1 is 0.948 bits per heavy atom. The van der Waals surface area contributed by atoms with E-state index in [9.17, 15) is 22.8 Å². The number of methoxy groups -OCH3 is 1. The van der Waals surface area contributed by atoms with Crippen molar-refractivity contribution < 1.29 is 32.3 Å². The summed E-state index contributed by atoms with van der Waals surface area (Å²) < 4.78 is 39.0. The molecular formula is C41H51N9O7S. The number of benzene rings is 3. The number of hydrogen-bond donors (Lipinski definition) is 3. The summed E-state index contributed by atoms with van der Waals surface area (Å²) in [7, 11) is 3.04. The predicted molar refractivity (Wildman–Crippen MR) is 222 cm³/mol. The summed E-state index contributed by atoms with van der Waals surface area (Å²) in [5.41, 5.74) is 3.30. The fraction of sp³-hybridized carbons (Fsp3) is 0.439. The molecule has 17 heteroatoms. The van der Waals surface area contributed by atoms with Crippen LogP contribution in [0.15, 0.2) is 65.8 Å². The molecule has 16 nitrogen and oxygen atoms in total. The van der Waals surface area contributed by atoms with Gasteiger partial charge in [0.15, 0.2) is 0 Å². The van der Waals surface area contributed by atoms with Crippen LogP contribution in [0.4, 0.5) is 27.7 Å². The Balaban J connectivity index is 0.881. The van der Waals surface area contributed by atoms with Crippen LogP contribution in [0, 0.1) is 5.41 Å². The van der Waals surface area contributed by atoms with Gasteiger partial charge in [0, 0.05) is 63.7 Å². The molecule has 3 aromatic carbocycles. The Morgan fingerprint density at radius 2 is 1.71 bits per heavy atom. The molecule has 4 amide bonds. The molecule has 3 aliphatic rings. The van der Waals surface area contributed by atoms with Crippen LogP contribution in [-0.2, 0) is 14.8 Å². The van der Waals surface area contributed by atoms with Crippen molar-refractivity contribution in [1.82, 2.24) is 29.8 Å². The van der Waals surface area contributed by atoms with Crippen molar-refractivity contribution in [3.05, 3.63) is 66.5 Å². The van der Waals surface area contributed by atoms with Crippen LogP contribution in [0.1, 0.15) is 48.9 Å². The van der Waals surface area contributed by atoms with Crippen LogP contribution in [0.5, 0.6) is 11.5 Å². The van der Waals surface area contributed by atoms with Crippen molar-refractivity contribution in [1.29, 1.82) is 0 Å². The highest BCUT2D eigenvalue weighted by Gasteiger charge is 2.39. The zero-order chi connectivity index (χ0) is 41.0. The van der Waals surface area contributed by atoms with E-state index in [-0.39, 0.29) is 35.1 Å². The second-order valence-corrected chi connectivity index (χ2v) is 17.2. The third-order valence-electron chi connectivity index (χ3n) is 11.6. The van der Waals surface area contributed by atoms with Crippen molar-refractivity contribution in [3.8, 4) is 11.5 Å². The summed E-state index contributed by atoms with van der Waals surface area (Å²) in [5.74, 6) is 1.35. The van der Waals surface area contributed by atoms with E-state index in [4.69, 9.17) is 9.47 Å². The number of imide groups is 1. The van der Waals surface area contributed by atoms with E-state index in [1.54, 1.807) is 36.4 Å². The molecular weight excluding hydrogens is 763 g/mol. The second kappa shape index (κ2) is 17.1. The Morgan fingerprint density at radius 3 is 2.41 bits per heavy atom. The first kappa shape index (κ1) is 40.7.